The molecule has 0 bridgehead atoms. The third-order valence-electron chi connectivity index (χ3n) is 3.28. The standard InChI is InChI=1S/C13H19NO3S/c1-2-18(15,16)13-6-4-3-5-12(13)17-11-8-7-10(14)9-11/h3-6,10-11H,2,7-9,14H2,1H3. The predicted molar refractivity (Wildman–Crippen MR) is 70.4 cm³/mol. The molecule has 0 saturated heterocycles. The topological polar surface area (TPSA) is 69.4 Å². The van der Waals surface area contributed by atoms with Crippen LogP contribution < -0.4 is 10.5 Å². The maximum absolute atomic E-state index is 12.0. The fourth-order valence-corrected chi connectivity index (χ4v) is 3.24. The third kappa shape index (κ3) is 2.84. The van der Waals surface area contributed by atoms with E-state index < -0.39 is 9.84 Å². The Labute approximate surface area is 108 Å². The highest BCUT2D eigenvalue weighted by atomic mass is 32.2. The number of hydrogen-bond donors (Lipinski definition) is 1. The lowest BCUT2D eigenvalue weighted by molar-refractivity contribution is 0.202. The van der Waals surface area contributed by atoms with Gasteiger partial charge in [0.1, 0.15) is 16.7 Å². The van der Waals surface area contributed by atoms with Crippen molar-refractivity contribution in [2.45, 2.75) is 43.2 Å². The molecule has 2 unspecified atom stereocenters. The molecule has 0 spiro atoms. The van der Waals surface area contributed by atoms with Crippen LogP contribution in [0.1, 0.15) is 26.2 Å². The van der Waals surface area contributed by atoms with E-state index in [1.165, 1.54) is 0 Å². The lowest BCUT2D eigenvalue weighted by Gasteiger charge is -2.16. The zero-order valence-corrected chi connectivity index (χ0v) is 11.3. The first-order valence-corrected chi connectivity index (χ1v) is 7.92. The van der Waals surface area contributed by atoms with E-state index in [1.54, 1.807) is 31.2 Å². The Morgan fingerprint density at radius 3 is 2.67 bits per heavy atom. The summed E-state index contributed by atoms with van der Waals surface area (Å²) in [7, 11) is -3.24. The molecule has 1 aromatic carbocycles. The number of para-hydroxylation sites is 1. The first-order valence-electron chi connectivity index (χ1n) is 6.27. The van der Waals surface area contributed by atoms with Crippen LogP contribution in [-0.2, 0) is 9.84 Å². The highest BCUT2D eigenvalue weighted by molar-refractivity contribution is 7.91. The number of hydrogen-bond acceptors (Lipinski definition) is 4. The Balaban J connectivity index is 2.23. The van der Waals surface area contributed by atoms with Crippen molar-refractivity contribution in [3.63, 3.8) is 0 Å². The molecule has 100 valence electrons. The number of sulfone groups is 1. The largest absolute Gasteiger partial charge is 0.489 e. The second-order valence-corrected chi connectivity index (χ2v) is 6.91. The Morgan fingerprint density at radius 1 is 1.33 bits per heavy atom. The molecule has 5 heteroatoms. The molecule has 18 heavy (non-hydrogen) atoms. The van der Waals surface area contributed by atoms with Crippen LogP contribution in [0.15, 0.2) is 29.2 Å². The van der Waals surface area contributed by atoms with Gasteiger partial charge in [0.15, 0.2) is 9.84 Å². The first-order chi connectivity index (χ1) is 8.53. The number of benzene rings is 1. The van der Waals surface area contributed by atoms with E-state index in [0.29, 0.717) is 5.75 Å². The molecule has 0 radical (unpaired) electrons. The van der Waals surface area contributed by atoms with Gasteiger partial charge in [0, 0.05) is 6.04 Å². The van der Waals surface area contributed by atoms with Crippen LogP contribution in [0.3, 0.4) is 0 Å². The van der Waals surface area contributed by atoms with E-state index in [1.807, 2.05) is 0 Å². The smallest absolute Gasteiger partial charge is 0.181 e. The summed E-state index contributed by atoms with van der Waals surface area (Å²) in [5.74, 6) is 0.538. The van der Waals surface area contributed by atoms with Crippen molar-refractivity contribution >= 4 is 9.84 Å². The zero-order chi connectivity index (χ0) is 13.2. The van der Waals surface area contributed by atoms with Gasteiger partial charge in [0.2, 0.25) is 0 Å². The molecule has 1 aliphatic carbocycles. The fourth-order valence-electron chi connectivity index (χ4n) is 2.22. The van der Waals surface area contributed by atoms with Crippen LogP contribution in [0, 0.1) is 0 Å². The quantitative estimate of drug-likeness (QED) is 0.904. The van der Waals surface area contributed by atoms with Crippen molar-refractivity contribution in [2.24, 2.45) is 5.73 Å². The number of ether oxygens (including phenoxy) is 1. The molecule has 1 saturated carbocycles. The van der Waals surface area contributed by atoms with E-state index in [2.05, 4.69) is 0 Å². The van der Waals surface area contributed by atoms with Gasteiger partial charge < -0.3 is 10.5 Å². The van der Waals surface area contributed by atoms with Gasteiger partial charge in [0.25, 0.3) is 0 Å². The summed E-state index contributed by atoms with van der Waals surface area (Å²) in [5, 5.41) is 0. The summed E-state index contributed by atoms with van der Waals surface area (Å²) in [6, 6.07) is 6.99. The number of nitrogens with two attached hydrogens (primary N) is 1. The van der Waals surface area contributed by atoms with E-state index in [-0.39, 0.29) is 22.8 Å². The summed E-state index contributed by atoms with van der Waals surface area (Å²) in [6.07, 6.45) is 2.66. The summed E-state index contributed by atoms with van der Waals surface area (Å²) in [4.78, 5) is 0.285. The van der Waals surface area contributed by atoms with Crippen LogP contribution >= 0.6 is 0 Å². The Kier molecular flexibility index (Phi) is 3.92. The van der Waals surface area contributed by atoms with Gasteiger partial charge >= 0.3 is 0 Å². The van der Waals surface area contributed by atoms with Crippen LogP contribution in [0.25, 0.3) is 0 Å². The van der Waals surface area contributed by atoms with E-state index in [4.69, 9.17) is 10.5 Å². The highest BCUT2D eigenvalue weighted by Crippen LogP contribution is 2.29. The minimum Gasteiger partial charge on any atom is -0.489 e. The van der Waals surface area contributed by atoms with Gasteiger partial charge in [-0.25, -0.2) is 8.42 Å². The van der Waals surface area contributed by atoms with Crippen LogP contribution in [0.2, 0.25) is 0 Å². The van der Waals surface area contributed by atoms with E-state index in [9.17, 15) is 8.42 Å². The molecule has 0 aliphatic heterocycles. The average Bonchev–Trinajstić information content (AvgIpc) is 2.75. The number of rotatable bonds is 4. The van der Waals surface area contributed by atoms with Gasteiger partial charge in [-0.2, -0.15) is 0 Å². The van der Waals surface area contributed by atoms with Crippen molar-refractivity contribution in [2.75, 3.05) is 5.75 Å². The molecule has 2 rings (SSSR count). The Hall–Kier alpha value is -1.07. The van der Waals surface area contributed by atoms with Crippen LogP contribution in [0.4, 0.5) is 0 Å². The molecule has 1 aliphatic rings. The molecule has 0 aromatic heterocycles. The normalized spacial score (nSPS) is 24.1. The second kappa shape index (κ2) is 5.28. The minimum absolute atomic E-state index is 0.0354. The highest BCUT2D eigenvalue weighted by Gasteiger charge is 2.25. The van der Waals surface area contributed by atoms with Crippen LogP contribution in [0.5, 0.6) is 5.75 Å². The summed E-state index contributed by atoms with van der Waals surface area (Å²) in [5.41, 5.74) is 5.83. The summed E-state index contributed by atoms with van der Waals surface area (Å²) >= 11 is 0. The van der Waals surface area contributed by atoms with Crippen molar-refractivity contribution in [1.29, 1.82) is 0 Å². The molecular formula is C13H19NO3S. The Morgan fingerprint density at radius 2 is 2.06 bits per heavy atom. The maximum Gasteiger partial charge on any atom is 0.181 e. The van der Waals surface area contributed by atoms with Gasteiger partial charge in [0.05, 0.1) is 5.75 Å². The maximum atomic E-state index is 12.0. The monoisotopic (exact) mass is 269 g/mol. The zero-order valence-electron chi connectivity index (χ0n) is 10.5. The molecule has 1 fully saturated rings. The second-order valence-electron chi connectivity index (χ2n) is 4.66. The first kappa shape index (κ1) is 13.4. The SMILES string of the molecule is CCS(=O)(=O)c1ccccc1OC1CCC(N)C1. The van der Waals surface area contributed by atoms with Crippen molar-refractivity contribution < 1.29 is 13.2 Å². The molecular weight excluding hydrogens is 250 g/mol. The molecule has 2 N–H and O–H groups in total. The van der Waals surface area contributed by atoms with Crippen molar-refractivity contribution in [3.8, 4) is 5.75 Å². The minimum atomic E-state index is -3.24. The lowest BCUT2D eigenvalue weighted by Crippen LogP contribution is -2.20. The van der Waals surface area contributed by atoms with E-state index >= 15 is 0 Å². The van der Waals surface area contributed by atoms with Gasteiger partial charge in [-0.3, -0.25) is 0 Å². The van der Waals surface area contributed by atoms with E-state index in [0.717, 1.165) is 19.3 Å². The molecule has 0 heterocycles. The summed E-state index contributed by atoms with van der Waals surface area (Å²) < 4.78 is 29.7. The molecule has 4 nitrogen and oxygen atoms in total. The molecule has 1 aromatic rings. The predicted octanol–water partition coefficient (Wildman–Crippen LogP) is 1.74. The third-order valence-corrected chi connectivity index (χ3v) is 5.05. The van der Waals surface area contributed by atoms with Crippen LogP contribution in [-0.4, -0.2) is 26.3 Å². The Bertz CT molecular complexity index is 513. The van der Waals surface area contributed by atoms with Gasteiger partial charge in [-0.15, -0.1) is 0 Å². The fraction of sp³-hybridized carbons (Fsp3) is 0.538. The average molecular weight is 269 g/mol. The molecule has 2 atom stereocenters. The van der Waals surface area contributed by atoms with Crippen molar-refractivity contribution in [1.82, 2.24) is 0 Å². The van der Waals surface area contributed by atoms with Crippen molar-refractivity contribution in [3.05, 3.63) is 24.3 Å². The van der Waals surface area contributed by atoms with Gasteiger partial charge in [-0.05, 0) is 31.4 Å². The van der Waals surface area contributed by atoms with Gasteiger partial charge in [-0.1, -0.05) is 19.1 Å². The molecule has 0 amide bonds. The lowest BCUT2D eigenvalue weighted by atomic mass is 10.3. The summed E-state index contributed by atoms with van der Waals surface area (Å²) in [6.45, 7) is 1.64.